The number of rotatable bonds is 6. The molecule has 0 spiro atoms. The summed E-state index contributed by atoms with van der Waals surface area (Å²) >= 11 is 5.84. The monoisotopic (exact) mass is 420 g/mol. The van der Waals surface area contributed by atoms with Crippen LogP contribution in [0, 0.1) is 0 Å². The fourth-order valence-corrected chi connectivity index (χ4v) is 2.75. The molecule has 2 aromatic carbocycles. The van der Waals surface area contributed by atoms with Crippen molar-refractivity contribution in [2.45, 2.75) is 19.2 Å². The Morgan fingerprint density at radius 1 is 1.07 bits per heavy atom. The molecule has 1 amide bonds. The molecule has 8 heteroatoms. The molecule has 0 aliphatic rings. The van der Waals surface area contributed by atoms with Crippen LogP contribution in [0.1, 0.15) is 16.7 Å². The van der Waals surface area contributed by atoms with Gasteiger partial charge >= 0.3 is 6.18 Å². The zero-order valence-corrected chi connectivity index (χ0v) is 15.8. The predicted molar refractivity (Wildman–Crippen MR) is 104 cm³/mol. The van der Waals surface area contributed by atoms with Crippen molar-refractivity contribution in [1.82, 2.24) is 4.98 Å². The average Bonchev–Trinajstić information content (AvgIpc) is 2.67. The minimum absolute atomic E-state index is 0.104. The summed E-state index contributed by atoms with van der Waals surface area (Å²) in [6.07, 6.45) is -3.51. The molecule has 29 heavy (non-hydrogen) atoms. The maximum absolute atomic E-state index is 13.1. The van der Waals surface area contributed by atoms with Gasteiger partial charge in [0.1, 0.15) is 18.2 Å². The van der Waals surface area contributed by atoms with Gasteiger partial charge in [0.05, 0.1) is 12.0 Å². The summed E-state index contributed by atoms with van der Waals surface area (Å²) in [5.41, 5.74) is -0.0312. The van der Waals surface area contributed by atoms with Gasteiger partial charge in [0.25, 0.3) is 0 Å². The molecular weight excluding hydrogens is 405 g/mol. The molecule has 4 nitrogen and oxygen atoms in total. The van der Waals surface area contributed by atoms with Gasteiger partial charge in [0, 0.05) is 17.3 Å². The number of carbonyl (C=O) groups is 1. The number of hydrogen-bond donors (Lipinski definition) is 1. The van der Waals surface area contributed by atoms with E-state index in [1.807, 2.05) is 12.1 Å². The minimum Gasteiger partial charge on any atom is -0.489 e. The summed E-state index contributed by atoms with van der Waals surface area (Å²) in [6, 6.07) is 15.2. The zero-order chi connectivity index (χ0) is 20.9. The lowest BCUT2D eigenvalue weighted by Crippen LogP contribution is -2.18. The smallest absolute Gasteiger partial charge is 0.416 e. The topological polar surface area (TPSA) is 51.2 Å². The SMILES string of the molecule is O=C(Cc1ccccc1C(F)(F)F)Nc1cc(OCc2ccc(Cl)cc2)ccn1. The number of benzene rings is 2. The van der Waals surface area contributed by atoms with Gasteiger partial charge in [-0.05, 0) is 35.4 Å². The van der Waals surface area contributed by atoms with Crippen LogP contribution in [-0.2, 0) is 24.0 Å². The molecule has 1 heterocycles. The molecule has 3 rings (SSSR count). The van der Waals surface area contributed by atoms with Crippen LogP contribution in [0.25, 0.3) is 0 Å². The highest BCUT2D eigenvalue weighted by atomic mass is 35.5. The van der Waals surface area contributed by atoms with Crippen molar-refractivity contribution in [1.29, 1.82) is 0 Å². The van der Waals surface area contributed by atoms with Crippen LogP contribution >= 0.6 is 11.6 Å². The highest BCUT2D eigenvalue weighted by molar-refractivity contribution is 6.30. The lowest BCUT2D eigenvalue weighted by molar-refractivity contribution is -0.138. The maximum Gasteiger partial charge on any atom is 0.416 e. The standard InChI is InChI=1S/C21H16ClF3N2O2/c22-16-7-5-14(6-8-16)13-29-17-9-10-26-19(12-17)27-20(28)11-15-3-1-2-4-18(15)21(23,24)25/h1-10,12H,11,13H2,(H,26,27,28). The van der Waals surface area contributed by atoms with Gasteiger partial charge in [-0.2, -0.15) is 13.2 Å². The number of pyridine rings is 1. The first-order chi connectivity index (χ1) is 13.8. The average molecular weight is 421 g/mol. The van der Waals surface area contributed by atoms with Crippen LogP contribution < -0.4 is 10.1 Å². The summed E-state index contributed by atoms with van der Waals surface area (Å²) < 4.78 is 44.8. The van der Waals surface area contributed by atoms with Gasteiger partial charge in [0.2, 0.25) is 5.91 Å². The van der Waals surface area contributed by atoms with E-state index in [4.69, 9.17) is 16.3 Å². The quantitative estimate of drug-likeness (QED) is 0.571. The lowest BCUT2D eigenvalue weighted by atomic mass is 10.0. The van der Waals surface area contributed by atoms with Crippen molar-refractivity contribution in [3.8, 4) is 5.75 Å². The third-order valence-electron chi connectivity index (χ3n) is 3.99. The maximum atomic E-state index is 13.1. The van der Waals surface area contributed by atoms with E-state index in [1.54, 1.807) is 18.2 Å². The molecule has 3 aromatic rings. The Bertz CT molecular complexity index is 992. The third kappa shape index (κ3) is 5.96. The first-order valence-electron chi connectivity index (χ1n) is 8.59. The van der Waals surface area contributed by atoms with Gasteiger partial charge in [-0.1, -0.05) is 41.9 Å². The summed E-state index contributed by atoms with van der Waals surface area (Å²) in [6.45, 7) is 0.285. The Hall–Kier alpha value is -3.06. The number of aromatic nitrogens is 1. The lowest BCUT2D eigenvalue weighted by Gasteiger charge is -2.12. The number of nitrogens with zero attached hydrogens (tertiary/aromatic N) is 1. The third-order valence-corrected chi connectivity index (χ3v) is 4.24. The van der Waals surface area contributed by atoms with Gasteiger partial charge < -0.3 is 10.1 Å². The molecule has 1 N–H and O–H groups in total. The summed E-state index contributed by atoms with van der Waals surface area (Å²) in [5.74, 6) is 0.0399. The van der Waals surface area contributed by atoms with E-state index in [9.17, 15) is 18.0 Å². The van der Waals surface area contributed by atoms with E-state index in [2.05, 4.69) is 10.3 Å². The number of nitrogens with one attached hydrogen (secondary N) is 1. The van der Waals surface area contributed by atoms with Crippen LogP contribution in [0.4, 0.5) is 19.0 Å². The number of carbonyl (C=O) groups excluding carboxylic acids is 1. The normalized spacial score (nSPS) is 11.2. The number of halogens is 4. The fourth-order valence-electron chi connectivity index (χ4n) is 2.63. The van der Waals surface area contributed by atoms with Crippen molar-refractivity contribution < 1.29 is 22.7 Å². The second-order valence-electron chi connectivity index (χ2n) is 6.17. The van der Waals surface area contributed by atoms with E-state index < -0.39 is 24.1 Å². The fraction of sp³-hybridized carbons (Fsp3) is 0.143. The molecule has 150 valence electrons. The predicted octanol–water partition coefficient (Wildman–Crippen LogP) is 5.51. The van der Waals surface area contributed by atoms with Gasteiger partial charge in [-0.25, -0.2) is 4.98 Å². The molecule has 0 saturated carbocycles. The van der Waals surface area contributed by atoms with Gasteiger partial charge in [-0.3, -0.25) is 4.79 Å². The van der Waals surface area contributed by atoms with Crippen LogP contribution in [-0.4, -0.2) is 10.9 Å². The Morgan fingerprint density at radius 3 is 2.52 bits per heavy atom. The van der Waals surface area contributed by atoms with Crippen molar-refractivity contribution in [2.24, 2.45) is 0 Å². The van der Waals surface area contributed by atoms with E-state index in [1.165, 1.54) is 30.5 Å². The molecule has 0 atom stereocenters. The second kappa shape index (κ2) is 8.96. The Labute approximate surface area is 170 Å². The molecule has 0 saturated heterocycles. The number of anilines is 1. The Kier molecular flexibility index (Phi) is 6.39. The van der Waals surface area contributed by atoms with Crippen LogP contribution in [0.3, 0.4) is 0 Å². The van der Waals surface area contributed by atoms with Crippen molar-refractivity contribution in [3.05, 3.63) is 88.6 Å². The zero-order valence-electron chi connectivity index (χ0n) is 15.0. The molecule has 0 radical (unpaired) electrons. The molecule has 0 aliphatic carbocycles. The van der Waals surface area contributed by atoms with Crippen molar-refractivity contribution in [2.75, 3.05) is 5.32 Å². The minimum atomic E-state index is -4.52. The Morgan fingerprint density at radius 2 is 1.79 bits per heavy atom. The molecule has 0 bridgehead atoms. The summed E-state index contributed by atoms with van der Waals surface area (Å²) in [5, 5.41) is 3.12. The van der Waals surface area contributed by atoms with Crippen molar-refractivity contribution >= 4 is 23.3 Å². The van der Waals surface area contributed by atoms with E-state index in [0.29, 0.717) is 10.8 Å². The van der Waals surface area contributed by atoms with Crippen LogP contribution in [0.15, 0.2) is 66.9 Å². The van der Waals surface area contributed by atoms with E-state index in [-0.39, 0.29) is 18.0 Å². The number of alkyl halides is 3. The van der Waals surface area contributed by atoms with Crippen LogP contribution in [0.2, 0.25) is 5.02 Å². The van der Waals surface area contributed by atoms with E-state index >= 15 is 0 Å². The van der Waals surface area contributed by atoms with E-state index in [0.717, 1.165) is 11.6 Å². The molecule has 0 fully saturated rings. The first-order valence-corrected chi connectivity index (χ1v) is 8.97. The highest BCUT2D eigenvalue weighted by Gasteiger charge is 2.33. The molecule has 0 aliphatic heterocycles. The molecule has 0 unspecified atom stereocenters. The molecular formula is C21H16ClF3N2O2. The first kappa shape index (κ1) is 20.7. The summed E-state index contributed by atoms with van der Waals surface area (Å²) in [4.78, 5) is 16.2. The number of amides is 1. The Balaban J connectivity index is 1.63. The van der Waals surface area contributed by atoms with Gasteiger partial charge in [0.15, 0.2) is 0 Å². The number of hydrogen-bond acceptors (Lipinski definition) is 3. The van der Waals surface area contributed by atoms with Gasteiger partial charge in [-0.15, -0.1) is 0 Å². The van der Waals surface area contributed by atoms with Crippen LogP contribution in [0.5, 0.6) is 5.75 Å². The second-order valence-corrected chi connectivity index (χ2v) is 6.61. The largest absolute Gasteiger partial charge is 0.489 e. The molecule has 1 aromatic heterocycles. The highest BCUT2D eigenvalue weighted by Crippen LogP contribution is 2.32. The summed E-state index contributed by atoms with van der Waals surface area (Å²) in [7, 11) is 0. The van der Waals surface area contributed by atoms with Crippen molar-refractivity contribution in [3.63, 3.8) is 0 Å². The number of ether oxygens (including phenoxy) is 1.